The van der Waals surface area contributed by atoms with Crippen LogP contribution in [0.3, 0.4) is 0 Å². The molecule has 3 heterocycles. The normalized spacial score (nSPS) is 21.8. The molecule has 0 radical (unpaired) electrons. The third kappa shape index (κ3) is 3.58. The Morgan fingerprint density at radius 3 is 2.50 bits per heavy atom. The van der Waals surface area contributed by atoms with Gasteiger partial charge in [-0.05, 0) is 55.0 Å². The van der Waals surface area contributed by atoms with Crippen molar-refractivity contribution in [3.63, 3.8) is 0 Å². The van der Waals surface area contributed by atoms with Crippen molar-refractivity contribution >= 4 is 16.8 Å². The Morgan fingerprint density at radius 1 is 1.10 bits per heavy atom. The third-order valence-electron chi connectivity index (χ3n) is 6.95. The van der Waals surface area contributed by atoms with Crippen LogP contribution in [0.1, 0.15) is 42.7 Å². The third-order valence-corrected chi connectivity index (χ3v) is 6.95. The van der Waals surface area contributed by atoms with Crippen LogP contribution in [0.4, 0.5) is 0 Å². The van der Waals surface area contributed by atoms with Gasteiger partial charge >= 0.3 is 0 Å². The van der Waals surface area contributed by atoms with Crippen molar-refractivity contribution < 1.29 is 9.53 Å². The summed E-state index contributed by atoms with van der Waals surface area (Å²) >= 11 is 0. The van der Waals surface area contributed by atoms with Crippen molar-refractivity contribution in [3.05, 3.63) is 65.9 Å². The molecular formula is C25H29N3O2. The molecule has 2 aliphatic heterocycles. The second-order valence-electron chi connectivity index (χ2n) is 8.55. The van der Waals surface area contributed by atoms with Crippen LogP contribution in [0.25, 0.3) is 10.9 Å². The number of carbonyl (C=O) groups excluding carboxylic acids is 1. The molecule has 2 aromatic carbocycles. The Labute approximate surface area is 177 Å². The van der Waals surface area contributed by atoms with Crippen molar-refractivity contribution in [2.45, 2.75) is 43.7 Å². The van der Waals surface area contributed by atoms with Gasteiger partial charge in [0.05, 0.1) is 13.7 Å². The zero-order valence-electron chi connectivity index (χ0n) is 17.4. The fourth-order valence-corrected chi connectivity index (χ4v) is 5.34. The van der Waals surface area contributed by atoms with Gasteiger partial charge in [0.1, 0.15) is 5.75 Å². The Morgan fingerprint density at radius 2 is 1.80 bits per heavy atom. The molecule has 2 saturated heterocycles. The van der Waals surface area contributed by atoms with Gasteiger partial charge in [0.2, 0.25) is 5.91 Å². The van der Waals surface area contributed by atoms with Gasteiger partial charge in [-0.1, -0.05) is 30.3 Å². The maximum atomic E-state index is 12.8. The van der Waals surface area contributed by atoms with Gasteiger partial charge in [-0.3, -0.25) is 9.69 Å². The predicted octanol–water partition coefficient (Wildman–Crippen LogP) is 4.05. The SMILES string of the molecule is COc1ccc(C(CNC(=O)CN2C3CCC2CC3)c2c[nH]c3ccccc23)cc1. The van der Waals surface area contributed by atoms with E-state index in [1.165, 1.54) is 42.2 Å². The number of ether oxygens (including phenoxy) is 1. The van der Waals surface area contributed by atoms with Gasteiger partial charge in [0.15, 0.2) is 0 Å². The van der Waals surface area contributed by atoms with Crippen LogP contribution in [0.5, 0.6) is 5.75 Å². The molecule has 1 amide bonds. The highest BCUT2D eigenvalue weighted by atomic mass is 16.5. The van der Waals surface area contributed by atoms with E-state index in [2.05, 4.69) is 51.7 Å². The Bertz CT molecular complexity index is 1010. The number of para-hydroxylation sites is 1. The largest absolute Gasteiger partial charge is 0.497 e. The maximum Gasteiger partial charge on any atom is 0.234 e. The first-order valence-corrected chi connectivity index (χ1v) is 11.0. The zero-order valence-corrected chi connectivity index (χ0v) is 17.4. The summed E-state index contributed by atoms with van der Waals surface area (Å²) in [6.45, 7) is 1.11. The van der Waals surface area contributed by atoms with Crippen LogP contribution in [0, 0.1) is 0 Å². The van der Waals surface area contributed by atoms with Gasteiger partial charge in [-0.25, -0.2) is 0 Å². The first-order chi connectivity index (χ1) is 14.7. The topological polar surface area (TPSA) is 57.4 Å². The molecule has 5 rings (SSSR count). The minimum absolute atomic E-state index is 0.0753. The van der Waals surface area contributed by atoms with Crippen LogP contribution >= 0.6 is 0 Å². The van der Waals surface area contributed by atoms with E-state index in [9.17, 15) is 4.79 Å². The van der Waals surface area contributed by atoms with Gasteiger partial charge in [0, 0.05) is 41.6 Å². The second-order valence-corrected chi connectivity index (χ2v) is 8.55. The molecule has 1 unspecified atom stereocenters. The van der Waals surface area contributed by atoms with E-state index >= 15 is 0 Å². The molecule has 2 bridgehead atoms. The number of benzene rings is 2. The lowest BCUT2D eigenvalue weighted by Gasteiger charge is -2.23. The highest BCUT2D eigenvalue weighted by Crippen LogP contribution is 2.37. The molecule has 2 aliphatic rings. The van der Waals surface area contributed by atoms with Crippen LogP contribution in [-0.4, -0.2) is 48.1 Å². The first-order valence-electron chi connectivity index (χ1n) is 11.0. The quantitative estimate of drug-likeness (QED) is 0.626. The van der Waals surface area contributed by atoms with E-state index in [0.717, 1.165) is 11.3 Å². The number of hydrogen-bond acceptors (Lipinski definition) is 3. The smallest absolute Gasteiger partial charge is 0.234 e. The molecule has 0 saturated carbocycles. The van der Waals surface area contributed by atoms with E-state index < -0.39 is 0 Å². The van der Waals surface area contributed by atoms with Gasteiger partial charge in [-0.2, -0.15) is 0 Å². The van der Waals surface area contributed by atoms with E-state index in [4.69, 9.17) is 4.74 Å². The van der Waals surface area contributed by atoms with Crippen LogP contribution < -0.4 is 10.1 Å². The number of H-pyrrole nitrogens is 1. The predicted molar refractivity (Wildman–Crippen MR) is 119 cm³/mol. The summed E-state index contributed by atoms with van der Waals surface area (Å²) in [6.07, 6.45) is 7.08. The second kappa shape index (κ2) is 8.15. The average molecular weight is 404 g/mol. The monoisotopic (exact) mass is 403 g/mol. The molecule has 0 spiro atoms. The lowest BCUT2D eigenvalue weighted by molar-refractivity contribution is -0.122. The number of carbonyl (C=O) groups is 1. The van der Waals surface area contributed by atoms with Crippen molar-refractivity contribution in [2.24, 2.45) is 0 Å². The number of hydrogen-bond donors (Lipinski definition) is 2. The minimum Gasteiger partial charge on any atom is -0.497 e. The molecule has 3 aromatic rings. The molecule has 30 heavy (non-hydrogen) atoms. The van der Waals surface area contributed by atoms with E-state index in [-0.39, 0.29) is 11.8 Å². The van der Waals surface area contributed by atoms with Crippen LogP contribution in [0.15, 0.2) is 54.7 Å². The number of aromatic nitrogens is 1. The van der Waals surface area contributed by atoms with E-state index in [1.54, 1.807) is 7.11 Å². The summed E-state index contributed by atoms with van der Waals surface area (Å²) in [6, 6.07) is 17.7. The minimum atomic E-state index is 0.0753. The summed E-state index contributed by atoms with van der Waals surface area (Å²) in [4.78, 5) is 18.6. The average Bonchev–Trinajstić information content (AvgIpc) is 3.49. The fraction of sp³-hybridized carbons (Fsp3) is 0.400. The lowest BCUT2D eigenvalue weighted by atomic mass is 9.90. The summed E-state index contributed by atoms with van der Waals surface area (Å²) in [5.41, 5.74) is 3.49. The highest BCUT2D eigenvalue weighted by Gasteiger charge is 2.39. The highest BCUT2D eigenvalue weighted by molar-refractivity contribution is 5.84. The molecule has 156 valence electrons. The number of rotatable bonds is 7. The standard InChI is InChI=1S/C25H29N3O2/c1-30-20-12-6-17(7-13-20)22(23-15-26-24-5-3-2-4-21(23)24)14-27-25(29)16-28-18-8-9-19(28)11-10-18/h2-7,12-13,15,18-19,22,26H,8-11,14,16H2,1H3,(H,27,29). The summed E-state index contributed by atoms with van der Waals surface area (Å²) < 4.78 is 5.33. The first kappa shape index (κ1) is 19.2. The van der Waals surface area contributed by atoms with Crippen molar-refractivity contribution in [3.8, 4) is 5.75 Å². The van der Waals surface area contributed by atoms with Gasteiger partial charge in [-0.15, -0.1) is 0 Å². The Kier molecular flexibility index (Phi) is 5.21. The molecular weight excluding hydrogens is 374 g/mol. The number of aromatic amines is 1. The number of amides is 1. The number of nitrogens with one attached hydrogen (secondary N) is 2. The van der Waals surface area contributed by atoms with E-state index in [0.29, 0.717) is 25.2 Å². The molecule has 0 aliphatic carbocycles. The van der Waals surface area contributed by atoms with Crippen LogP contribution in [-0.2, 0) is 4.79 Å². The lowest BCUT2D eigenvalue weighted by Crippen LogP contribution is -2.41. The molecule has 5 heteroatoms. The van der Waals surface area contributed by atoms with Crippen molar-refractivity contribution in [2.75, 3.05) is 20.2 Å². The Hall–Kier alpha value is -2.79. The summed E-state index contributed by atoms with van der Waals surface area (Å²) in [5.74, 6) is 1.04. The van der Waals surface area contributed by atoms with Crippen LogP contribution in [0.2, 0.25) is 0 Å². The number of nitrogens with zero attached hydrogens (tertiary/aromatic N) is 1. The molecule has 5 nitrogen and oxygen atoms in total. The maximum absolute atomic E-state index is 12.8. The van der Waals surface area contributed by atoms with Crippen molar-refractivity contribution in [1.29, 1.82) is 0 Å². The van der Waals surface area contributed by atoms with Crippen molar-refractivity contribution in [1.82, 2.24) is 15.2 Å². The van der Waals surface area contributed by atoms with Gasteiger partial charge in [0.25, 0.3) is 0 Å². The number of methoxy groups -OCH3 is 1. The summed E-state index contributed by atoms with van der Waals surface area (Å²) in [7, 11) is 1.68. The molecule has 2 N–H and O–H groups in total. The molecule has 2 fully saturated rings. The zero-order chi connectivity index (χ0) is 20.5. The number of fused-ring (bicyclic) bond motifs is 3. The molecule has 1 aromatic heterocycles. The van der Waals surface area contributed by atoms with Gasteiger partial charge < -0.3 is 15.0 Å². The Balaban J connectivity index is 1.36. The van der Waals surface area contributed by atoms with E-state index in [1.807, 2.05) is 18.2 Å². The molecule has 1 atom stereocenters. The fourth-order valence-electron chi connectivity index (χ4n) is 5.34. The summed E-state index contributed by atoms with van der Waals surface area (Å²) in [5, 5.41) is 4.43.